The second-order valence-electron chi connectivity index (χ2n) is 3.68. The van der Waals surface area contributed by atoms with Gasteiger partial charge in [-0.15, -0.1) is 0 Å². The minimum atomic E-state index is 0.685. The Balaban J connectivity index is 0.000000336. The van der Waals surface area contributed by atoms with Crippen molar-refractivity contribution < 1.29 is 4.74 Å². The van der Waals surface area contributed by atoms with Gasteiger partial charge in [-0.25, -0.2) is 0 Å². The van der Waals surface area contributed by atoms with E-state index >= 15 is 0 Å². The molecule has 1 saturated heterocycles. The molecule has 1 heteroatoms. The lowest BCUT2D eigenvalue weighted by atomic mass is 9.86. The van der Waals surface area contributed by atoms with Gasteiger partial charge < -0.3 is 4.74 Å². The number of hydrogen-bond donors (Lipinski definition) is 0. The molecule has 0 amide bonds. The molecular weight excluding hydrogens is 148 g/mol. The van der Waals surface area contributed by atoms with Crippen LogP contribution in [0, 0.1) is 5.92 Å². The van der Waals surface area contributed by atoms with Crippen LogP contribution in [-0.2, 0) is 4.74 Å². The molecule has 0 spiro atoms. The molecule has 2 aliphatic rings. The van der Waals surface area contributed by atoms with Crippen molar-refractivity contribution >= 4 is 0 Å². The fraction of sp³-hybridized carbons (Fsp3) is 1.00. The molecule has 2 rings (SSSR count). The van der Waals surface area contributed by atoms with Gasteiger partial charge in [-0.2, -0.15) is 0 Å². The van der Waals surface area contributed by atoms with Crippen LogP contribution in [0.4, 0.5) is 0 Å². The van der Waals surface area contributed by atoms with Crippen molar-refractivity contribution in [3.63, 3.8) is 0 Å². The van der Waals surface area contributed by atoms with Crippen molar-refractivity contribution in [2.75, 3.05) is 0 Å². The number of rotatable bonds is 2. The van der Waals surface area contributed by atoms with E-state index in [-0.39, 0.29) is 0 Å². The van der Waals surface area contributed by atoms with Crippen molar-refractivity contribution in [3.05, 3.63) is 0 Å². The molecule has 0 aromatic rings. The topological polar surface area (TPSA) is 12.5 Å². The van der Waals surface area contributed by atoms with Crippen LogP contribution < -0.4 is 0 Å². The highest BCUT2D eigenvalue weighted by Gasteiger charge is 2.43. The number of fused-ring (bicyclic) bond motifs is 1. The minimum Gasteiger partial charge on any atom is -0.370 e. The summed E-state index contributed by atoms with van der Waals surface area (Å²) in [5.74, 6) is 0.994. The SMILES string of the molecule is CC.CCCC1CCC2OC2C1. The highest BCUT2D eigenvalue weighted by Crippen LogP contribution is 2.40. The maximum Gasteiger partial charge on any atom is 0.0844 e. The first kappa shape index (κ1) is 10.0. The number of hydrogen-bond acceptors (Lipinski definition) is 1. The maximum absolute atomic E-state index is 5.45. The Labute approximate surface area is 76.5 Å². The molecule has 0 N–H and O–H groups in total. The van der Waals surface area contributed by atoms with Crippen molar-refractivity contribution in [2.45, 2.75) is 65.1 Å². The summed E-state index contributed by atoms with van der Waals surface area (Å²) in [6.07, 6.45) is 8.27. The summed E-state index contributed by atoms with van der Waals surface area (Å²) >= 11 is 0. The zero-order valence-electron chi connectivity index (χ0n) is 8.68. The lowest BCUT2D eigenvalue weighted by Crippen LogP contribution is -2.12. The third-order valence-corrected chi connectivity index (χ3v) is 2.81. The van der Waals surface area contributed by atoms with Crippen LogP contribution in [-0.4, -0.2) is 12.2 Å². The Bertz CT molecular complexity index is 122. The van der Waals surface area contributed by atoms with Crippen molar-refractivity contribution in [1.29, 1.82) is 0 Å². The molecule has 0 bridgehead atoms. The molecule has 0 aromatic heterocycles. The molecule has 1 heterocycles. The van der Waals surface area contributed by atoms with Crippen LogP contribution in [0.3, 0.4) is 0 Å². The summed E-state index contributed by atoms with van der Waals surface area (Å²) in [7, 11) is 0. The van der Waals surface area contributed by atoms with E-state index in [0.29, 0.717) is 12.2 Å². The second-order valence-corrected chi connectivity index (χ2v) is 3.68. The van der Waals surface area contributed by atoms with E-state index < -0.39 is 0 Å². The van der Waals surface area contributed by atoms with Gasteiger partial charge in [0, 0.05) is 0 Å². The minimum absolute atomic E-state index is 0.685. The summed E-state index contributed by atoms with van der Waals surface area (Å²) in [5, 5.41) is 0. The van der Waals surface area contributed by atoms with E-state index in [2.05, 4.69) is 6.92 Å². The van der Waals surface area contributed by atoms with E-state index in [0.717, 1.165) is 5.92 Å². The first-order valence-corrected chi connectivity index (χ1v) is 5.55. The van der Waals surface area contributed by atoms with Crippen LogP contribution in [0.5, 0.6) is 0 Å². The molecule has 1 aliphatic carbocycles. The molecule has 12 heavy (non-hydrogen) atoms. The van der Waals surface area contributed by atoms with Crippen LogP contribution in [0.15, 0.2) is 0 Å². The summed E-state index contributed by atoms with van der Waals surface area (Å²) < 4.78 is 5.45. The summed E-state index contributed by atoms with van der Waals surface area (Å²) in [6, 6.07) is 0. The zero-order valence-corrected chi connectivity index (χ0v) is 8.68. The van der Waals surface area contributed by atoms with E-state index in [1.165, 1.54) is 32.1 Å². The Morgan fingerprint density at radius 3 is 2.50 bits per heavy atom. The molecule has 1 saturated carbocycles. The molecule has 0 aromatic carbocycles. The van der Waals surface area contributed by atoms with Crippen molar-refractivity contribution in [1.82, 2.24) is 0 Å². The van der Waals surface area contributed by atoms with Crippen molar-refractivity contribution in [3.8, 4) is 0 Å². The van der Waals surface area contributed by atoms with E-state index in [1.54, 1.807) is 0 Å². The highest BCUT2D eigenvalue weighted by atomic mass is 16.6. The van der Waals surface area contributed by atoms with Gasteiger partial charge in [-0.05, 0) is 25.2 Å². The van der Waals surface area contributed by atoms with Gasteiger partial charge in [-0.3, -0.25) is 0 Å². The molecule has 0 radical (unpaired) electrons. The largest absolute Gasteiger partial charge is 0.370 e. The molecule has 3 atom stereocenters. The standard InChI is InChI=1S/C9H16O.C2H6/c1-2-3-7-4-5-8-9(6-7)10-8;1-2/h7-9H,2-6H2,1H3;1-2H3. The Morgan fingerprint density at radius 1 is 1.17 bits per heavy atom. The first-order valence-electron chi connectivity index (χ1n) is 5.55. The predicted octanol–water partition coefficient (Wildman–Crippen LogP) is 3.38. The zero-order chi connectivity index (χ0) is 8.97. The van der Waals surface area contributed by atoms with Gasteiger partial charge in [0.2, 0.25) is 0 Å². The third kappa shape index (κ3) is 2.48. The van der Waals surface area contributed by atoms with Crippen LogP contribution in [0.1, 0.15) is 52.9 Å². The fourth-order valence-electron chi connectivity index (χ4n) is 2.16. The number of epoxide rings is 1. The molecule has 1 aliphatic heterocycles. The average molecular weight is 170 g/mol. The van der Waals surface area contributed by atoms with Gasteiger partial charge in [-0.1, -0.05) is 33.6 Å². The van der Waals surface area contributed by atoms with Crippen LogP contribution in [0.2, 0.25) is 0 Å². The summed E-state index contributed by atoms with van der Waals surface area (Å²) in [4.78, 5) is 0. The third-order valence-electron chi connectivity index (χ3n) is 2.81. The van der Waals surface area contributed by atoms with Gasteiger partial charge in [0.25, 0.3) is 0 Å². The predicted molar refractivity (Wildman–Crippen MR) is 52.3 cm³/mol. The molecule has 2 fully saturated rings. The smallest absolute Gasteiger partial charge is 0.0844 e. The normalized spacial score (nSPS) is 37.8. The number of ether oxygens (including phenoxy) is 1. The second kappa shape index (κ2) is 4.86. The van der Waals surface area contributed by atoms with Gasteiger partial charge in [0.1, 0.15) is 0 Å². The van der Waals surface area contributed by atoms with E-state index in [9.17, 15) is 0 Å². The van der Waals surface area contributed by atoms with Gasteiger partial charge in [0.15, 0.2) is 0 Å². The first-order chi connectivity index (χ1) is 5.90. The molecular formula is C11H22O. The lowest BCUT2D eigenvalue weighted by molar-refractivity contribution is 0.350. The maximum atomic E-state index is 5.45. The molecule has 3 unspecified atom stereocenters. The van der Waals surface area contributed by atoms with E-state index in [1.807, 2.05) is 13.8 Å². The van der Waals surface area contributed by atoms with Crippen molar-refractivity contribution in [2.24, 2.45) is 5.92 Å². The van der Waals surface area contributed by atoms with Crippen LogP contribution >= 0.6 is 0 Å². The summed E-state index contributed by atoms with van der Waals surface area (Å²) in [5.41, 5.74) is 0. The monoisotopic (exact) mass is 170 g/mol. The Morgan fingerprint density at radius 2 is 1.92 bits per heavy atom. The van der Waals surface area contributed by atoms with Gasteiger partial charge in [0.05, 0.1) is 12.2 Å². The fourth-order valence-corrected chi connectivity index (χ4v) is 2.16. The average Bonchev–Trinajstić information content (AvgIpc) is 2.87. The van der Waals surface area contributed by atoms with E-state index in [4.69, 9.17) is 4.74 Å². The van der Waals surface area contributed by atoms with Gasteiger partial charge >= 0.3 is 0 Å². The highest BCUT2D eigenvalue weighted by molar-refractivity contribution is 4.91. The lowest BCUT2D eigenvalue weighted by Gasteiger charge is -2.17. The van der Waals surface area contributed by atoms with Crippen LogP contribution in [0.25, 0.3) is 0 Å². The molecule has 72 valence electrons. The summed E-state index contributed by atoms with van der Waals surface area (Å²) in [6.45, 7) is 6.28. The Kier molecular flexibility index (Phi) is 4.07. The quantitative estimate of drug-likeness (QED) is 0.579. The Hall–Kier alpha value is -0.0400. The molecule has 1 nitrogen and oxygen atoms in total.